The molecule has 0 spiro atoms. The SMILES string of the molecule is CCCCCCCCCCC(OCCC)OC(C)=O. The van der Waals surface area contributed by atoms with Gasteiger partial charge in [0.1, 0.15) is 0 Å². The van der Waals surface area contributed by atoms with Gasteiger partial charge in [0.2, 0.25) is 6.29 Å². The molecule has 0 saturated heterocycles. The average Bonchev–Trinajstić information content (AvgIpc) is 2.38. The first-order chi connectivity index (χ1) is 9.20. The lowest BCUT2D eigenvalue weighted by Crippen LogP contribution is -2.20. The van der Waals surface area contributed by atoms with Gasteiger partial charge < -0.3 is 9.47 Å². The van der Waals surface area contributed by atoms with Gasteiger partial charge in [-0.15, -0.1) is 0 Å². The summed E-state index contributed by atoms with van der Waals surface area (Å²) in [6.07, 6.45) is 11.7. The maximum Gasteiger partial charge on any atom is 0.304 e. The van der Waals surface area contributed by atoms with Crippen molar-refractivity contribution in [1.82, 2.24) is 0 Å². The molecule has 0 aromatic heterocycles. The predicted molar refractivity (Wildman–Crippen MR) is 79.0 cm³/mol. The first kappa shape index (κ1) is 18.4. The van der Waals surface area contributed by atoms with Crippen LogP contribution in [0.3, 0.4) is 0 Å². The number of hydrogen-bond donors (Lipinski definition) is 0. The minimum atomic E-state index is -0.336. The second kappa shape index (κ2) is 13.9. The summed E-state index contributed by atoms with van der Waals surface area (Å²) < 4.78 is 10.7. The Labute approximate surface area is 119 Å². The molecule has 0 radical (unpaired) electrons. The minimum Gasteiger partial charge on any atom is -0.436 e. The fourth-order valence-electron chi connectivity index (χ4n) is 2.06. The maximum atomic E-state index is 11.0. The summed E-state index contributed by atoms with van der Waals surface area (Å²) in [5.74, 6) is -0.249. The lowest BCUT2D eigenvalue weighted by molar-refractivity contribution is -0.177. The van der Waals surface area contributed by atoms with Crippen LogP contribution in [0, 0.1) is 0 Å². The zero-order valence-electron chi connectivity index (χ0n) is 13.1. The van der Waals surface area contributed by atoms with Gasteiger partial charge >= 0.3 is 5.97 Å². The average molecular weight is 272 g/mol. The zero-order valence-corrected chi connectivity index (χ0v) is 13.1. The Morgan fingerprint density at radius 3 is 2.00 bits per heavy atom. The summed E-state index contributed by atoms with van der Waals surface area (Å²) in [6.45, 7) is 6.40. The Bertz CT molecular complexity index is 204. The molecule has 0 N–H and O–H groups in total. The monoisotopic (exact) mass is 272 g/mol. The van der Waals surface area contributed by atoms with Crippen molar-refractivity contribution in [3.05, 3.63) is 0 Å². The van der Waals surface area contributed by atoms with Crippen LogP contribution in [0.5, 0.6) is 0 Å². The van der Waals surface area contributed by atoms with Gasteiger partial charge in [0, 0.05) is 13.3 Å². The van der Waals surface area contributed by atoms with Crippen molar-refractivity contribution in [1.29, 1.82) is 0 Å². The highest BCUT2D eigenvalue weighted by Crippen LogP contribution is 2.13. The molecule has 1 unspecified atom stereocenters. The van der Waals surface area contributed by atoms with Crippen molar-refractivity contribution in [2.45, 2.75) is 91.3 Å². The molecule has 0 amide bonds. The third-order valence-corrected chi connectivity index (χ3v) is 3.10. The summed E-state index contributed by atoms with van der Waals surface area (Å²) in [6, 6.07) is 0. The molecule has 0 rings (SSSR count). The lowest BCUT2D eigenvalue weighted by Gasteiger charge is -2.17. The Morgan fingerprint density at radius 1 is 0.895 bits per heavy atom. The zero-order chi connectivity index (χ0) is 14.3. The normalized spacial score (nSPS) is 12.4. The highest BCUT2D eigenvalue weighted by molar-refractivity contribution is 5.66. The van der Waals surface area contributed by atoms with Crippen molar-refractivity contribution in [2.24, 2.45) is 0 Å². The number of carbonyl (C=O) groups excluding carboxylic acids is 1. The second-order valence-electron chi connectivity index (χ2n) is 5.17. The van der Waals surface area contributed by atoms with E-state index in [1.165, 1.54) is 51.9 Å². The van der Waals surface area contributed by atoms with E-state index in [1.54, 1.807) is 0 Å². The first-order valence-corrected chi connectivity index (χ1v) is 7.99. The van der Waals surface area contributed by atoms with Crippen molar-refractivity contribution >= 4 is 5.97 Å². The Morgan fingerprint density at radius 2 is 1.47 bits per heavy atom. The van der Waals surface area contributed by atoms with Crippen LogP contribution in [-0.4, -0.2) is 18.9 Å². The van der Waals surface area contributed by atoms with E-state index in [2.05, 4.69) is 13.8 Å². The van der Waals surface area contributed by atoms with Gasteiger partial charge in [0.05, 0.1) is 6.61 Å². The fourth-order valence-corrected chi connectivity index (χ4v) is 2.06. The van der Waals surface area contributed by atoms with Gasteiger partial charge in [-0.25, -0.2) is 0 Å². The van der Waals surface area contributed by atoms with Gasteiger partial charge in [-0.05, 0) is 12.8 Å². The van der Waals surface area contributed by atoms with E-state index >= 15 is 0 Å². The van der Waals surface area contributed by atoms with E-state index in [4.69, 9.17) is 9.47 Å². The number of rotatable bonds is 13. The number of carbonyl (C=O) groups is 1. The van der Waals surface area contributed by atoms with Gasteiger partial charge in [0.15, 0.2) is 0 Å². The van der Waals surface area contributed by atoms with Crippen molar-refractivity contribution < 1.29 is 14.3 Å². The summed E-state index contributed by atoms with van der Waals surface area (Å²) >= 11 is 0. The number of unbranched alkanes of at least 4 members (excludes halogenated alkanes) is 7. The lowest BCUT2D eigenvalue weighted by atomic mass is 10.1. The molecular weight excluding hydrogens is 240 g/mol. The highest BCUT2D eigenvalue weighted by atomic mass is 16.7. The van der Waals surface area contributed by atoms with E-state index in [9.17, 15) is 4.79 Å². The van der Waals surface area contributed by atoms with Crippen molar-refractivity contribution in [3.8, 4) is 0 Å². The second-order valence-corrected chi connectivity index (χ2v) is 5.17. The molecule has 0 fully saturated rings. The summed E-state index contributed by atoms with van der Waals surface area (Å²) in [5, 5.41) is 0. The van der Waals surface area contributed by atoms with Crippen LogP contribution in [0.25, 0.3) is 0 Å². The summed E-state index contributed by atoms with van der Waals surface area (Å²) in [7, 11) is 0. The highest BCUT2D eigenvalue weighted by Gasteiger charge is 2.11. The smallest absolute Gasteiger partial charge is 0.304 e. The molecule has 1 atom stereocenters. The van der Waals surface area contributed by atoms with Crippen LogP contribution in [0.1, 0.15) is 85.0 Å². The van der Waals surface area contributed by atoms with Gasteiger partial charge in [-0.3, -0.25) is 4.79 Å². The molecule has 3 heteroatoms. The standard InChI is InChI=1S/C16H32O3/c1-4-6-7-8-9-10-11-12-13-16(18-14-5-2)19-15(3)17/h16H,4-14H2,1-3H3. The van der Waals surface area contributed by atoms with Crippen LogP contribution in [0.15, 0.2) is 0 Å². The van der Waals surface area contributed by atoms with E-state index < -0.39 is 0 Å². The number of ether oxygens (including phenoxy) is 2. The molecule has 0 saturated carbocycles. The Balaban J connectivity index is 3.48. The number of esters is 1. The van der Waals surface area contributed by atoms with E-state index in [0.29, 0.717) is 6.61 Å². The molecule has 0 aliphatic rings. The van der Waals surface area contributed by atoms with Crippen molar-refractivity contribution in [3.63, 3.8) is 0 Å². The molecule has 114 valence electrons. The largest absolute Gasteiger partial charge is 0.436 e. The number of hydrogen-bond acceptors (Lipinski definition) is 3. The molecule has 0 aromatic carbocycles. The van der Waals surface area contributed by atoms with E-state index in [-0.39, 0.29) is 12.3 Å². The van der Waals surface area contributed by atoms with Crippen LogP contribution in [-0.2, 0) is 14.3 Å². The first-order valence-electron chi connectivity index (χ1n) is 7.99. The van der Waals surface area contributed by atoms with Gasteiger partial charge in [-0.1, -0.05) is 58.8 Å². The third-order valence-electron chi connectivity index (χ3n) is 3.10. The van der Waals surface area contributed by atoms with E-state index in [1.807, 2.05) is 0 Å². The van der Waals surface area contributed by atoms with Crippen LogP contribution >= 0.6 is 0 Å². The van der Waals surface area contributed by atoms with Crippen molar-refractivity contribution in [2.75, 3.05) is 6.61 Å². The quantitative estimate of drug-likeness (QED) is 0.273. The molecule has 0 bridgehead atoms. The summed E-state index contributed by atoms with van der Waals surface area (Å²) in [5.41, 5.74) is 0. The Kier molecular flexibility index (Phi) is 13.4. The van der Waals surface area contributed by atoms with Crippen LogP contribution < -0.4 is 0 Å². The van der Waals surface area contributed by atoms with Crippen LogP contribution in [0.4, 0.5) is 0 Å². The van der Waals surface area contributed by atoms with E-state index in [0.717, 1.165) is 19.3 Å². The molecule has 0 heterocycles. The molecule has 3 nitrogen and oxygen atoms in total. The summed E-state index contributed by atoms with van der Waals surface area (Å²) in [4.78, 5) is 11.0. The van der Waals surface area contributed by atoms with Gasteiger partial charge in [-0.2, -0.15) is 0 Å². The maximum absolute atomic E-state index is 11.0. The Hall–Kier alpha value is -0.570. The minimum absolute atomic E-state index is 0.249. The molecule has 19 heavy (non-hydrogen) atoms. The third kappa shape index (κ3) is 13.7. The topological polar surface area (TPSA) is 35.5 Å². The molecule has 0 aromatic rings. The molecule has 0 aliphatic carbocycles. The fraction of sp³-hybridized carbons (Fsp3) is 0.938. The molecule has 0 aliphatic heterocycles. The van der Waals surface area contributed by atoms with Crippen LogP contribution in [0.2, 0.25) is 0 Å². The van der Waals surface area contributed by atoms with Gasteiger partial charge in [0.25, 0.3) is 0 Å². The molecular formula is C16H32O3. The predicted octanol–water partition coefficient (Wildman–Crippen LogP) is 4.83.